The van der Waals surface area contributed by atoms with Gasteiger partial charge < -0.3 is 19.4 Å². The number of nitrogens with one attached hydrogen (secondary N) is 1. The van der Waals surface area contributed by atoms with Crippen molar-refractivity contribution in [3.8, 4) is 28.7 Å². The number of nitrogens with zero attached hydrogens (tertiary/aromatic N) is 4. The van der Waals surface area contributed by atoms with Crippen molar-refractivity contribution in [2.75, 3.05) is 19.5 Å². The number of fused-ring (bicyclic) bond motifs is 2. The highest BCUT2D eigenvalue weighted by Gasteiger charge is 2.18. The van der Waals surface area contributed by atoms with Crippen LogP contribution in [0.2, 0.25) is 5.02 Å². The zero-order chi connectivity index (χ0) is 25.2. The van der Waals surface area contributed by atoms with Crippen LogP contribution in [-0.4, -0.2) is 34.8 Å². The molecule has 0 bridgehead atoms. The van der Waals surface area contributed by atoms with Crippen LogP contribution in [0.4, 0.5) is 11.4 Å². The van der Waals surface area contributed by atoms with Crippen molar-refractivity contribution in [3.05, 3.63) is 83.3 Å². The van der Waals surface area contributed by atoms with Crippen molar-refractivity contribution in [2.45, 2.75) is 19.9 Å². The summed E-state index contributed by atoms with van der Waals surface area (Å²) >= 11 is 6.21. The third-order valence-corrected chi connectivity index (χ3v) is 5.97. The molecule has 2 heterocycles. The molecule has 1 aromatic heterocycles. The van der Waals surface area contributed by atoms with E-state index < -0.39 is 0 Å². The van der Waals surface area contributed by atoms with E-state index in [1.165, 1.54) is 0 Å². The number of ether oxygens (including phenoxy) is 2. The topological polar surface area (TPSA) is 73.6 Å². The van der Waals surface area contributed by atoms with Gasteiger partial charge in [0, 0.05) is 29.0 Å². The summed E-state index contributed by atoms with van der Waals surface area (Å²) in [4.78, 5) is 14.2. The van der Waals surface area contributed by atoms with E-state index >= 15 is 0 Å². The second-order valence-corrected chi connectivity index (χ2v) is 8.98. The summed E-state index contributed by atoms with van der Waals surface area (Å²) < 4.78 is 13.1. The molecule has 2 aromatic carbocycles. The number of hydrogen-bond acceptors (Lipinski definition) is 6. The molecule has 0 fully saturated rings. The number of hydrogen-bond donors (Lipinski definition) is 1. The molecule has 5 rings (SSSR count). The molecule has 3 aromatic rings. The Balaban J connectivity index is 1.83. The Hall–Kier alpha value is -4.10. The fraction of sp³-hybridized carbons (Fsp3) is 0.179. The molecular formula is C28H26ClN5O2. The molecule has 2 aliphatic rings. The minimum atomic E-state index is 0.0799. The second-order valence-electron chi connectivity index (χ2n) is 8.54. The van der Waals surface area contributed by atoms with Gasteiger partial charge in [0.05, 0.1) is 47.7 Å². The predicted octanol–water partition coefficient (Wildman–Crippen LogP) is 6.25. The molecule has 0 radical (unpaired) electrons. The summed E-state index contributed by atoms with van der Waals surface area (Å²) in [5.74, 6) is 1.25. The number of benzene rings is 3. The predicted molar refractivity (Wildman–Crippen MR) is 144 cm³/mol. The lowest BCUT2D eigenvalue weighted by Gasteiger charge is -2.21. The summed E-state index contributed by atoms with van der Waals surface area (Å²) in [6, 6.07) is 21.5. The number of aromatic nitrogens is 3. The highest BCUT2D eigenvalue weighted by Crippen LogP contribution is 2.33. The van der Waals surface area contributed by atoms with Gasteiger partial charge in [-0.2, -0.15) is 0 Å². The lowest BCUT2D eigenvalue weighted by atomic mass is 10.1. The van der Waals surface area contributed by atoms with Gasteiger partial charge in [0.15, 0.2) is 0 Å². The molecule has 7 nitrogen and oxygen atoms in total. The van der Waals surface area contributed by atoms with E-state index in [0.29, 0.717) is 10.9 Å². The fourth-order valence-corrected chi connectivity index (χ4v) is 4.27. The first-order chi connectivity index (χ1) is 17.5. The lowest BCUT2D eigenvalue weighted by Crippen LogP contribution is -2.16. The maximum Gasteiger partial charge on any atom is 0.237 e. The van der Waals surface area contributed by atoms with Gasteiger partial charge in [0.2, 0.25) is 5.88 Å². The summed E-state index contributed by atoms with van der Waals surface area (Å²) in [5.41, 5.74) is 5.96. The molecule has 1 N–H and O–H groups in total. The molecule has 0 saturated carbocycles. The normalized spacial score (nSPS) is 11.9. The molecule has 1 aliphatic heterocycles. The third-order valence-electron chi connectivity index (χ3n) is 5.71. The average molecular weight is 500 g/mol. The Bertz CT molecular complexity index is 1580. The first kappa shape index (κ1) is 23.6. The summed E-state index contributed by atoms with van der Waals surface area (Å²) in [5, 5.41) is 4.93. The van der Waals surface area contributed by atoms with Crippen molar-refractivity contribution in [2.24, 2.45) is 4.99 Å². The van der Waals surface area contributed by atoms with Crippen LogP contribution in [0.1, 0.15) is 13.8 Å². The Morgan fingerprint density at radius 3 is 2.47 bits per heavy atom. The number of halogens is 1. The smallest absolute Gasteiger partial charge is 0.237 e. The Labute approximate surface area is 214 Å². The van der Waals surface area contributed by atoms with Gasteiger partial charge in [0.1, 0.15) is 11.4 Å². The number of anilines is 2. The van der Waals surface area contributed by atoms with E-state index in [2.05, 4.69) is 34.8 Å². The van der Waals surface area contributed by atoms with Crippen LogP contribution >= 0.6 is 11.6 Å². The second kappa shape index (κ2) is 9.87. The fourth-order valence-electron chi connectivity index (χ4n) is 4.14. The lowest BCUT2D eigenvalue weighted by molar-refractivity contribution is 0.400. The summed E-state index contributed by atoms with van der Waals surface area (Å²) in [6.45, 7) is 4.10. The van der Waals surface area contributed by atoms with Gasteiger partial charge in [-0.1, -0.05) is 11.6 Å². The first-order valence-corrected chi connectivity index (χ1v) is 11.9. The van der Waals surface area contributed by atoms with E-state index in [9.17, 15) is 0 Å². The SMILES string of the molecule is COc1ccc2nc3cc(Nc4cccnc4OC)c(=NC(C)C)cc-3n(-c3ccc(Cl)cc3)c2c1. The van der Waals surface area contributed by atoms with Crippen LogP contribution in [0, 0.1) is 0 Å². The van der Waals surface area contributed by atoms with Crippen molar-refractivity contribution >= 4 is 34.0 Å². The van der Waals surface area contributed by atoms with Crippen LogP contribution in [0.5, 0.6) is 11.6 Å². The molecule has 0 atom stereocenters. The maximum absolute atomic E-state index is 6.21. The molecule has 36 heavy (non-hydrogen) atoms. The molecular weight excluding hydrogens is 474 g/mol. The van der Waals surface area contributed by atoms with Gasteiger partial charge in [-0.05, 0) is 74.5 Å². The molecule has 0 amide bonds. The summed E-state index contributed by atoms with van der Waals surface area (Å²) in [6.07, 6.45) is 1.70. The van der Waals surface area contributed by atoms with Gasteiger partial charge in [-0.3, -0.25) is 4.99 Å². The van der Waals surface area contributed by atoms with Crippen molar-refractivity contribution in [3.63, 3.8) is 0 Å². The van der Waals surface area contributed by atoms with Crippen LogP contribution < -0.4 is 20.1 Å². The van der Waals surface area contributed by atoms with Crippen molar-refractivity contribution in [1.29, 1.82) is 0 Å². The molecule has 0 spiro atoms. The Morgan fingerprint density at radius 1 is 0.944 bits per heavy atom. The van der Waals surface area contributed by atoms with Crippen molar-refractivity contribution < 1.29 is 9.47 Å². The standard InChI is InChI=1S/C28H26ClN5O2/c1-17(2)31-24-16-27-25(15-23(24)33-22-6-5-13-30-28(22)36-4)32-21-12-11-20(35-3)14-26(21)34(27)19-9-7-18(29)8-10-19/h5-17,33H,1-4H3. The monoisotopic (exact) mass is 499 g/mol. The highest BCUT2D eigenvalue weighted by molar-refractivity contribution is 6.30. The van der Waals surface area contributed by atoms with Crippen molar-refractivity contribution in [1.82, 2.24) is 14.5 Å². The summed E-state index contributed by atoms with van der Waals surface area (Å²) in [7, 11) is 3.26. The van der Waals surface area contributed by atoms with Gasteiger partial charge in [-0.25, -0.2) is 9.97 Å². The molecule has 182 valence electrons. The quantitative estimate of drug-likeness (QED) is 0.279. The van der Waals surface area contributed by atoms with Crippen LogP contribution in [0.25, 0.3) is 28.1 Å². The van der Waals surface area contributed by atoms with Crippen LogP contribution in [-0.2, 0) is 0 Å². The number of pyridine rings is 1. The third kappa shape index (κ3) is 4.57. The van der Waals surface area contributed by atoms with E-state index in [1.54, 1.807) is 20.4 Å². The van der Waals surface area contributed by atoms with Crippen LogP contribution in [0.15, 0.2) is 77.9 Å². The molecule has 0 unspecified atom stereocenters. The minimum absolute atomic E-state index is 0.0799. The average Bonchev–Trinajstić information content (AvgIpc) is 2.88. The minimum Gasteiger partial charge on any atom is -0.497 e. The van der Waals surface area contributed by atoms with E-state index in [0.717, 1.165) is 50.6 Å². The highest BCUT2D eigenvalue weighted by atomic mass is 35.5. The Kier molecular flexibility index (Phi) is 6.48. The van der Waals surface area contributed by atoms with Crippen LogP contribution in [0.3, 0.4) is 0 Å². The first-order valence-electron chi connectivity index (χ1n) is 11.6. The van der Waals surface area contributed by atoms with Gasteiger partial charge in [0.25, 0.3) is 0 Å². The number of rotatable bonds is 6. The van der Waals surface area contributed by atoms with Gasteiger partial charge >= 0.3 is 0 Å². The maximum atomic E-state index is 6.21. The molecule has 8 heteroatoms. The molecule has 1 aliphatic carbocycles. The van der Waals surface area contributed by atoms with E-state index in [-0.39, 0.29) is 6.04 Å². The molecule has 0 saturated heterocycles. The van der Waals surface area contributed by atoms with E-state index in [1.807, 2.05) is 60.7 Å². The zero-order valence-corrected chi connectivity index (χ0v) is 21.2. The zero-order valence-electron chi connectivity index (χ0n) is 20.5. The number of methoxy groups -OCH3 is 2. The van der Waals surface area contributed by atoms with E-state index in [4.69, 9.17) is 31.1 Å². The van der Waals surface area contributed by atoms with Gasteiger partial charge in [-0.15, -0.1) is 0 Å². The Morgan fingerprint density at radius 2 is 1.75 bits per heavy atom. The largest absolute Gasteiger partial charge is 0.497 e.